The third-order valence-corrected chi connectivity index (χ3v) is 3.61. The van der Waals surface area contributed by atoms with Crippen LogP contribution in [0.3, 0.4) is 0 Å². The van der Waals surface area contributed by atoms with Crippen molar-refractivity contribution in [1.29, 1.82) is 0 Å². The van der Waals surface area contributed by atoms with Gasteiger partial charge in [0.25, 0.3) is 0 Å². The summed E-state index contributed by atoms with van der Waals surface area (Å²) in [5, 5.41) is 3.46. The SMILES string of the molecule is CCCNCCCCN(C)CC1CCCC1. The molecule has 0 saturated heterocycles. The minimum atomic E-state index is 1.00. The molecule has 0 bridgehead atoms. The van der Waals surface area contributed by atoms with Gasteiger partial charge in [-0.2, -0.15) is 0 Å². The van der Waals surface area contributed by atoms with Gasteiger partial charge in [0.15, 0.2) is 0 Å². The predicted octanol–water partition coefficient (Wildman–Crippen LogP) is 2.89. The van der Waals surface area contributed by atoms with Crippen LogP contribution in [0, 0.1) is 5.92 Å². The van der Waals surface area contributed by atoms with Crippen molar-refractivity contribution < 1.29 is 0 Å². The van der Waals surface area contributed by atoms with Crippen LogP contribution in [0.4, 0.5) is 0 Å². The first-order valence-electron chi connectivity index (χ1n) is 7.22. The van der Waals surface area contributed by atoms with Crippen molar-refractivity contribution in [3.8, 4) is 0 Å². The Balaban J connectivity index is 1.87. The number of unbranched alkanes of at least 4 members (excludes halogenated alkanes) is 1. The molecule has 16 heavy (non-hydrogen) atoms. The molecule has 96 valence electrons. The van der Waals surface area contributed by atoms with Crippen molar-refractivity contribution in [2.45, 2.75) is 51.9 Å². The van der Waals surface area contributed by atoms with E-state index in [1.807, 2.05) is 0 Å². The number of rotatable bonds is 9. The van der Waals surface area contributed by atoms with Crippen molar-refractivity contribution in [2.24, 2.45) is 5.92 Å². The lowest BCUT2D eigenvalue weighted by molar-refractivity contribution is 0.273. The molecule has 1 aliphatic carbocycles. The van der Waals surface area contributed by atoms with Gasteiger partial charge in [0.2, 0.25) is 0 Å². The Bertz CT molecular complexity index is 153. The van der Waals surface area contributed by atoms with Crippen molar-refractivity contribution in [1.82, 2.24) is 10.2 Å². The maximum atomic E-state index is 3.46. The van der Waals surface area contributed by atoms with Crippen molar-refractivity contribution in [3.63, 3.8) is 0 Å². The summed E-state index contributed by atoms with van der Waals surface area (Å²) in [5.41, 5.74) is 0. The number of hydrogen-bond acceptors (Lipinski definition) is 2. The Kier molecular flexibility index (Phi) is 7.87. The summed E-state index contributed by atoms with van der Waals surface area (Å²) in [6.07, 6.45) is 9.82. The molecule has 1 saturated carbocycles. The fourth-order valence-electron chi connectivity index (χ4n) is 2.66. The second-order valence-corrected chi connectivity index (χ2v) is 5.37. The third kappa shape index (κ3) is 6.49. The minimum absolute atomic E-state index is 1.00. The first kappa shape index (κ1) is 14.0. The minimum Gasteiger partial charge on any atom is -0.317 e. The highest BCUT2D eigenvalue weighted by Gasteiger charge is 2.16. The highest BCUT2D eigenvalue weighted by Crippen LogP contribution is 2.25. The lowest BCUT2D eigenvalue weighted by atomic mass is 10.1. The van der Waals surface area contributed by atoms with E-state index in [1.165, 1.54) is 71.1 Å². The van der Waals surface area contributed by atoms with E-state index in [0.717, 1.165) is 5.92 Å². The summed E-state index contributed by atoms with van der Waals surface area (Å²) in [5.74, 6) is 1.00. The molecule has 0 aliphatic heterocycles. The molecule has 0 atom stereocenters. The quantitative estimate of drug-likeness (QED) is 0.608. The molecule has 1 fully saturated rings. The van der Waals surface area contributed by atoms with Gasteiger partial charge in [-0.15, -0.1) is 0 Å². The fraction of sp³-hybridized carbons (Fsp3) is 1.00. The van der Waals surface area contributed by atoms with E-state index in [1.54, 1.807) is 0 Å². The van der Waals surface area contributed by atoms with Gasteiger partial charge in [0.05, 0.1) is 0 Å². The van der Waals surface area contributed by atoms with Crippen LogP contribution in [0.5, 0.6) is 0 Å². The van der Waals surface area contributed by atoms with Crippen LogP contribution in [0.1, 0.15) is 51.9 Å². The fourth-order valence-corrected chi connectivity index (χ4v) is 2.66. The standard InChI is InChI=1S/C14H30N2/c1-3-10-15-11-6-7-12-16(2)13-14-8-4-5-9-14/h14-15H,3-13H2,1-2H3. The smallest absolute Gasteiger partial charge is 0.000661 e. The molecular weight excluding hydrogens is 196 g/mol. The lowest BCUT2D eigenvalue weighted by Crippen LogP contribution is -2.26. The summed E-state index contributed by atoms with van der Waals surface area (Å²) in [4.78, 5) is 2.54. The third-order valence-electron chi connectivity index (χ3n) is 3.61. The molecule has 0 unspecified atom stereocenters. The van der Waals surface area contributed by atoms with Crippen LogP contribution in [0.25, 0.3) is 0 Å². The van der Waals surface area contributed by atoms with E-state index in [2.05, 4.69) is 24.2 Å². The van der Waals surface area contributed by atoms with Gasteiger partial charge in [-0.3, -0.25) is 0 Å². The Morgan fingerprint density at radius 2 is 1.88 bits per heavy atom. The number of hydrogen-bond donors (Lipinski definition) is 1. The monoisotopic (exact) mass is 226 g/mol. The molecule has 0 radical (unpaired) electrons. The molecule has 0 amide bonds. The van der Waals surface area contributed by atoms with Gasteiger partial charge in [-0.05, 0) is 64.7 Å². The van der Waals surface area contributed by atoms with E-state index >= 15 is 0 Å². The summed E-state index contributed by atoms with van der Waals surface area (Å²) in [7, 11) is 2.29. The van der Waals surface area contributed by atoms with E-state index in [9.17, 15) is 0 Å². The number of nitrogens with one attached hydrogen (secondary N) is 1. The van der Waals surface area contributed by atoms with Crippen LogP contribution in [-0.4, -0.2) is 38.1 Å². The Morgan fingerprint density at radius 1 is 1.12 bits per heavy atom. The molecule has 1 rings (SSSR count). The molecule has 0 heterocycles. The molecule has 0 aromatic heterocycles. The normalized spacial score (nSPS) is 17.4. The first-order valence-corrected chi connectivity index (χ1v) is 7.22. The van der Waals surface area contributed by atoms with Crippen molar-refractivity contribution in [2.75, 3.05) is 33.2 Å². The molecule has 2 nitrogen and oxygen atoms in total. The van der Waals surface area contributed by atoms with Gasteiger partial charge in [-0.25, -0.2) is 0 Å². The second kappa shape index (κ2) is 9.00. The molecule has 0 aromatic carbocycles. The highest BCUT2D eigenvalue weighted by atomic mass is 15.1. The van der Waals surface area contributed by atoms with Crippen molar-refractivity contribution in [3.05, 3.63) is 0 Å². The highest BCUT2D eigenvalue weighted by molar-refractivity contribution is 4.70. The van der Waals surface area contributed by atoms with Gasteiger partial charge in [0, 0.05) is 6.54 Å². The van der Waals surface area contributed by atoms with Gasteiger partial charge < -0.3 is 10.2 Å². The Labute approximate surface area is 102 Å². The van der Waals surface area contributed by atoms with Gasteiger partial charge in [0.1, 0.15) is 0 Å². The Hall–Kier alpha value is -0.0800. The zero-order valence-electron chi connectivity index (χ0n) is 11.3. The summed E-state index contributed by atoms with van der Waals surface area (Å²) in [6.45, 7) is 7.22. The largest absolute Gasteiger partial charge is 0.317 e. The van der Waals surface area contributed by atoms with Crippen LogP contribution in [0.2, 0.25) is 0 Å². The topological polar surface area (TPSA) is 15.3 Å². The van der Waals surface area contributed by atoms with Crippen LogP contribution < -0.4 is 5.32 Å². The van der Waals surface area contributed by atoms with Crippen LogP contribution >= 0.6 is 0 Å². The predicted molar refractivity (Wildman–Crippen MR) is 71.8 cm³/mol. The molecule has 2 heteroatoms. The molecule has 0 aromatic rings. The van der Waals surface area contributed by atoms with E-state index in [0.29, 0.717) is 0 Å². The maximum Gasteiger partial charge on any atom is 0.000661 e. The van der Waals surface area contributed by atoms with Crippen LogP contribution in [0.15, 0.2) is 0 Å². The molecule has 1 aliphatic rings. The lowest BCUT2D eigenvalue weighted by Gasteiger charge is -2.20. The summed E-state index contributed by atoms with van der Waals surface area (Å²) >= 11 is 0. The summed E-state index contributed by atoms with van der Waals surface area (Å²) in [6, 6.07) is 0. The molecular formula is C14H30N2. The van der Waals surface area contributed by atoms with Crippen molar-refractivity contribution >= 4 is 0 Å². The zero-order valence-corrected chi connectivity index (χ0v) is 11.3. The first-order chi connectivity index (χ1) is 7.83. The van der Waals surface area contributed by atoms with E-state index in [-0.39, 0.29) is 0 Å². The maximum absolute atomic E-state index is 3.46. The average molecular weight is 226 g/mol. The van der Waals surface area contributed by atoms with E-state index < -0.39 is 0 Å². The summed E-state index contributed by atoms with van der Waals surface area (Å²) < 4.78 is 0. The van der Waals surface area contributed by atoms with Crippen LogP contribution in [-0.2, 0) is 0 Å². The van der Waals surface area contributed by atoms with Gasteiger partial charge >= 0.3 is 0 Å². The van der Waals surface area contributed by atoms with Gasteiger partial charge in [-0.1, -0.05) is 19.8 Å². The molecule has 1 N–H and O–H groups in total. The van der Waals surface area contributed by atoms with E-state index in [4.69, 9.17) is 0 Å². The number of nitrogens with zero attached hydrogens (tertiary/aromatic N) is 1. The zero-order chi connectivity index (χ0) is 11.6. The second-order valence-electron chi connectivity index (χ2n) is 5.37. The average Bonchev–Trinajstić information content (AvgIpc) is 2.76. The Morgan fingerprint density at radius 3 is 2.56 bits per heavy atom. The molecule has 0 spiro atoms.